The number of carbonyl (C=O) groups is 2. The lowest BCUT2D eigenvalue weighted by Gasteiger charge is -2.14. The number of nitrogens with one attached hydrogen (secondary N) is 1. The molecule has 0 aliphatic rings. The molecule has 2 aromatic carbocycles. The molecule has 144 valence electrons. The maximum atomic E-state index is 12.7. The van der Waals surface area contributed by atoms with Crippen LogP contribution in [0.5, 0.6) is 5.75 Å². The second-order valence-corrected chi connectivity index (χ2v) is 6.72. The van der Waals surface area contributed by atoms with E-state index < -0.39 is 34.8 Å². The number of hydrogen-bond acceptors (Lipinski definition) is 4. The Morgan fingerprint density at radius 1 is 1.07 bits per heavy atom. The fourth-order valence-corrected chi connectivity index (χ4v) is 2.98. The Hall–Kier alpha value is -3.61. The molecule has 3 aromatic rings. The number of nitrogens with zero attached hydrogens (tertiary/aromatic N) is 1. The first-order chi connectivity index (χ1) is 13.2. The van der Waals surface area contributed by atoms with Crippen LogP contribution in [0.25, 0.3) is 22.0 Å². The fraction of sp³-hybridized carbons (Fsp3) is 0.190. The van der Waals surface area contributed by atoms with Crippen molar-refractivity contribution in [2.24, 2.45) is 7.05 Å². The summed E-state index contributed by atoms with van der Waals surface area (Å²) in [6.45, 7) is 3.26. The van der Waals surface area contributed by atoms with Gasteiger partial charge in [0, 0.05) is 12.4 Å². The van der Waals surface area contributed by atoms with Gasteiger partial charge in [-0.25, -0.2) is 0 Å². The molecule has 28 heavy (non-hydrogen) atoms. The van der Waals surface area contributed by atoms with Crippen LogP contribution in [0, 0.1) is 6.92 Å². The van der Waals surface area contributed by atoms with Crippen LogP contribution < -0.4 is 10.9 Å². The highest BCUT2D eigenvalue weighted by Gasteiger charge is 2.24. The first-order valence-corrected chi connectivity index (χ1v) is 8.67. The molecular formula is C21H20N2O5. The zero-order valence-electron chi connectivity index (χ0n) is 15.7. The van der Waals surface area contributed by atoms with Gasteiger partial charge in [0.15, 0.2) is 0 Å². The summed E-state index contributed by atoms with van der Waals surface area (Å²) in [5.74, 6) is -2.64. The number of aliphatic carboxylic acids is 1. The van der Waals surface area contributed by atoms with E-state index in [1.807, 2.05) is 31.2 Å². The van der Waals surface area contributed by atoms with Crippen LogP contribution in [0.1, 0.15) is 22.8 Å². The molecule has 7 heteroatoms. The highest BCUT2D eigenvalue weighted by molar-refractivity contribution is 6.04. The van der Waals surface area contributed by atoms with Crippen molar-refractivity contribution < 1.29 is 19.8 Å². The predicted octanol–water partition coefficient (Wildman–Crippen LogP) is 2.42. The van der Waals surface area contributed by atoms with Crippen LogP contribution >= 0.6 is 0 Å². The summed E-state index contributed by atoms with van der Waals surface area (Å²) >= 11 is 0. The number of carbonyl (C=O) groups excluding carboxylic acids is 1. The lowest BCUT2D eigenvalue weighted by Crippen LogP contribution is -2.41. The van der Waals surface area contributed by atoms with E-state index in [-0.39, 0.29) is 0 Å². The predicted molar refractivity (Wildman–Crippen MR) is 106 cm³/mol. The third kappa shape index (κ3) is 3.34. The number of rotatable bonds is 4. The number of aryl methyl sites for hydroxylation is 2. The minimum atomic E-state index is -1.24. The van der Waals surface area contributed by atoms with Crippen LogP contribution in [0.2, 0.25) is 0 Å². The number of amides is 1. The van der Waals surface area contributed by atoms with E-state index in [1.54, 1.807) is 18.2 Å². The number of aromatic nitrogens is 1. The average molecular weight is 380 g/mol. The second-order valence-electron chi connectivity index (χ2n) is 6.72. The summed E-state index contributed by atoms with van der Waals surface area (Å²) in [4.78, 5) is 36.0. The maximum Gasteiger partial charge on any atom is 0.325 e. The smallest absolute Gasteiger partial charge is 0.325 e. The van der Waals surface area contributed by atoms with E-state index in [4.69, 9.17) is 5.11 Å². The van der Waals surface area contributed by atoms with E-state index >= 15 is 0 Å². The van der Waals surface area contributed by atoms with Crippen LogP contribution in [-0.2, 0) is 11.8 Å². The van der Waals surface area contributed by atoms with Gasteiger partial charge in [-0.1, -0.05) is 35.9 Å². The minimum absolute atomic E-state index is 0.325. The molecule has 0 aliphatic carbocycles. The lowest BCUT2D eigenvalue weighted by atomic mass is 10.0. The van der Waals surface area contributed by atoms with Crippen LogP contribution in [0.15, 0.2) is 47.3 Å². The summed E-state index contributed by atoms with van der Waals surface area (Å²) in [7, 11) is 1.50. The molecule has 1 atom stereocenters. The summed E-state index contributed by atoms with van der Waals surface area (Å²) in [5, 5.41) is 22.0. The zero-order valence-corrected chi connectivity index (χ0v) is 15.7. The van der Waals surface area contributed by atoms with Gasteiger partial charge < -0.3 is 20.1 Å². The lowest BCUT2D eigenvalue weighted by molar-refractivity contribution is -0.138. The molecule has 0 fully saturated rings. The quantitative estimate of drug-likeness (QED) is 0.644. The van der Waals surface area contributed by atoms with E-state index in [2.05, 4.69) is 5.32 Å². The summed E-state index contributed by atoms with van der Waals surface area (Å²) in [6.07, 6.45) is 0. The van der Waals surface area contributed by atoms with Crippen molar-refractivity contribution in [1.29, 1.82) is 0 Å². The fourth-order valence-electron chi connectivity index (χ4n) is 2.98. The molecule has 1 unspecified atom stereocenters. The van der Waals surface area contributed by atoms with Gasteiger partial charge in [0.1, 0.15) is 17.4 Å². The Morgan fingerprint density at radius 3 is 2.29 bits per heavy atom. The number of benzene rings is 2. The van der Waals surface area contributed by atoms with Crippen molar-refractivity contribution >= 4 is 22.8 Å². The molecule has 0 bridgehead atoms. The molecule has 1 heterocycles. The Balaban J connectivity index is 2.14. The third-order valence-electron chi connectivity index (χ3n) is 4.70. The molecule has 0 spiro atoms. The van der Waals surface area contributed by atoms with Crippen LogP contribution in [0.3, 0.4) is 0 Å². The highest BCUT2D eigenvalue weighted by atomic mass is 16.4. The molecule has 0 saturated carbocycles. The molecule has 0 radical (unpaired) electrons. The molecule has 0 aliphatic heterocycles. The van der Waals surface area contributed by atoms with E-state index in [9.17, 15) is 19.5 Å². The third-order valence-corrected chi connectivity index (χ3v) is 4.70. The van der Waals surface area contributed by atoms with Gasteiger partial charge in [0.2, 0.25) is 0 Å². The molecule has 1 aromatic heterocycles. The maximum absolute atomic E-state index is 12.7. The summed E-state index contributed by atoms with van der Waals surface area (Å²) < 4.78 is 1.27. The Bertz CT molecular complexity index is 1150. The second kappa shape index (κ2) is 7.19. The summed E-state index contributed by atoms with van der Waals surface area (Å²) in [6, 6.07) is 11.9. The van der Waals surface area contributed by atoms with E-state index in [1.165, 1.54) is 18.5 Å². The van der Waals surface area contributed by atoms with Crippen molar-refractivity contribution in [2.45, 2.75) is 19.9 Å². The van der Waals surface area contributed by atoms with Gasteiger partial charge >= 0.3 is 5.97 Å². The topological polar surface area (TPSA) is 109 Å². The SMILES string of the molecule is Cc1ccc(-c2ccc3c(O)c(C(=O)NC(C)C(=O)O)c(=O)n(C)c3c2)cc1. The Morgan fingerprint density at radius 2 is 1.68 bits per heavy atom. The zero-order chi connectivity index (χ0) is 20.6. The van der Waals surface area contributed by atoms with Crippen molar-refractivity contribution in [3.05, 3.63) is 63.9 Å². The molecule has 7 nitrogen and oxygen atoms in total. The van der Waals surface area contributed by atoms with Gasteiger partial charge in [0.25, 0.3) is 11.5 Å². The average Bonchev–Trinajstić information content (AvgIpc) is 2.66. The van der Waals surface area contributed by atoms with Gasteiger partial charge in [-0.2, -0.15) is 0 Å². The van der Waals surface area contributed by atoms with Gasteiger partial charge in [-0.3, -0.25) is 14.4 Å². The van der Waals surface area contributed by atoms with Crippen molar-refractivity contribution in [1.82, 2.24) is 9.88 Å². The van der Waals surface area contributed by atoms with Crippen molar-refractivity contribution in [3.8, 4) is 16.9 Å². The van der Waals surface area contributed by atoms with E-state index in [0.717, 1.165) is 16.7 Å². The van der Waals surface area contributed by atoms with Gasteiger partial charge in [0.05, 0.1) is 5.52 Å². The first kappa shape index (κ1) is 19.2. The van der Waals surface area contributed by atoms with E-state index in [0.29, 0.717) is 10.9 Å². The minimum Gasteiger partial charge on any atom is -0.506 e. The molecule has 1 amide bonds. The first-order valence-electron chi connectivity index (χ1n) is 8.67. The van der Waals surface area contributed by atoms with Crippen molar-refractivity contribution in [2.75, 3.05) is 0 Å². The Kier molecular flexibility index (Phi) is 4.92. The summed E-state index contributed by atoms with van der Waals surface area (Å²) in [5.41, 5.74) is 2.21. The van der Waals surface area contributed by atoms with Crippen LogP contribution in [0.4, 0.5) is 0 Å². The number of carboxylic acid groups (broad SMARTS) is 1. The number of hydrogen-bond donors (Lipinski definition) is 3. The van der Waals surface area contributed by atoms with Crippen LogP contribution in [-0.4, -0.2) is 32.7 Å². The van der Waals surface area contributed by atoms with Gasteiger partial charge in [-0.05, 0) is 37.1 Å². The number of carboxylic acids is 1. The number of pyridine rings is 1. The molecule has 3 N–H and O–H groups in total. The highest BCUT2D eigenvalue weighted by Crippen LogP contribution is 2.30. The normalized spacial score (nSPS) is 12.0. The standard InChI is InChI=1S/C21H20N2O5/c1-11-4-6-13(7-5-11)14-8-9-15-16(10-14)23(3)20(26)17(18(15)24)19(25)22-12(2)21(27)28/h4-10,12,24H,1-3H3,(H,22,25)(H,27,28). The molecular weight excluding hydrogens is 360 g/mol. The molecule has 3 rings (SSSR count). The van der Waals surface area contributed by atoms with Gasteiger partial charge in [-0.15, -0.1) is 0 Å². The monoisotopic (exact) mass is 380 g/mol. The molecule has 0 saturated heterocycles. The largest absolute Gasteiger partial charge is 0.506 e. The van der Waals surface area contributed by atoms with Crippen molar-refractivity contribution in [3.63, 3.8) is 0 Å². The number of aromatic hydroxyl groups is 1. The number of fused-ring (bicyclic) bond motifs is 1. The Labute approximate surface area is 160 Å².